The molecule has 3 heterocycles. The highest BCUT2D eigenvalue weighted by atomic mass is 16.2. The fourth-order valence-corrected chi connectivity index (χ4v) is 7.05. The van der Waals surface area contributed by atoms with Crippen molar-refractivity contribution in [3.63, 3.8) is 0 Å². The number of nitrogens with one attached hydrogen (secondary N) is 2. The van der Waals surface area contributed by atoms with Crippen LogP contribution in [0.25, 0.3) is 0 Å². The van der Waals surface area contributed by atoms with Gasteiger partial charge in [0.25, 0.3) is 5.91 Å². The molecule has 0 bridgehead atoms. The molecule has 0 radical (unpaired) electrons. The molecule has 2 aliphatic carbocycles. The number of piperidine rings is 1. The summed E-state index contributed by atoms with van der Waals surface area (Å²) in [7, 11) is 0. The third-order valence-corrected chi connectivity index (χ3v) is 9.11. The summed E-state index contributed by atoms with van der Waals surface area (Å²) in [5, 5.41) is 14.8. The van der Waals surface area contributed by atoms with Gasteiger partial charge < -0.3 is 20.1 Å². The lowest BCUT2D eigenvalue weighted by Crippen LogP contribution is -2.49. The maximum atomic E-state index is 13.1. The third kappa shape index (κ3) is 5.08. The first kappa shape index (κ1) is 24.3. The van der Waals surface area contributed by atoms with Crippen LogP contribution in [-0.4, -0.2) is 49.6 Å². The van der Waals surface area contributed by atoms with Crippen LogP contribution in [0, 0.1) is 5.92 Å². The zero-order chi connectivity index (χ0) is 25.4. The highest BCUT2D eigenvalue weighted by Gasteiger charge is 2.38. The first-order chi connectivity index (χ1) is 18.0. The predicted octanol–water partition coefficient (Wildman–Crippen LogP) is 3.90. The van der Waals surface area contributed by atoms with Crippen LogP contribution in [0.3, 0.4) is 0 Å². The van der Waals surface area contributed by atoms with Gasteiger partial charge in [0.1, 0.15) is 18.7 Å². The number of benzene rings is 1. The van der Waals surface area contributed by atoms with E-state index in [9.17, 15) is 9.59 Å². The van der Waals surface area contributed by atoms with Crippen molar-refractivity contribution in [1.29, 1.82) is 0 Å². The van der Waals surface area contributed by atoms with E-state index in [4.69, 9.17) is 0 Å². The Balaban J connectivity index is 1.08. The molecule has 2 N–H and O–H groups in total. The predicted molar refractivity (Wildman–Crippen MR) is 141 cm³/mol. The maximum Gasteiger partial charge on any atom is 0.255 e. The molecule has 2 amide bonds. The van der Waals surface area contributed by atoms with Crippen LogP contribution in [0.5, 0.6) is 0 Å². The minimum absolute atomic E-state index is 0.0199. The Kier molecular flexibility index (Phi) is 6.84. The molecule has 1 aromatic heterocycles. The summed E-state index contributed by atoms with van der Waals surface area (Å²) >= 11 is 0. The van der Waals surface area contributed by atoms with Gasteiger partial charge in [0, 0.05) is 35.9 Å². The zero-order valence-corrected chi connectivity index (χ0v) is 21.6. The molecular formula is C29H38N6O2. The molecule has 3 fully saturated rings. The number of carbonyl (C=O) groups excluding carboxylic acids is 2. The number of carbonyl (C=O) groups is 2. The lowest BCUT2D eigenvalue weighted by Gasteiger charge is -2.38. The molecule has 1 saturated heterocycles. The number of fused-ring (bicyclic) bond motifs is 1. The monoisotopic (exact) mass is 502 g/mol. The summed E-state index contributed by atoms with van der Waals surface area (Å²) in [4.78, 5) is 27.4. The van der Waals surface area contributed by atoms with E-state index in [1.54, 1.807) is 4.90 Å². The SMILES string of the molecule is C=C1CCC(N2Cc3cc(C[C@H]4CCCC[C@@H]4NC4CCC(n5cnnc5)CC4)ccc3C2=O)C(=O)N1. The second-order valence-corrected chi connectivity index (χ2v) is 11.5. The largest absolute Gasteiger partial charge is 0.329 e. The van der Waals surface area contributed by atoms with E-state index in [2.05, 4.69) is 44.1 Å². The Hall–Kier alpha value is -3.00. The van der Waals surface area contributed by atoms with Gasteiger partial charge in [-0.2, -0.15) is 0 Å². The highest BCUT2D eigenvalue weighted by Crippen LogP contribution is 2.34. The van der Waals surface area contributed by atoms with Crippen molar-refractivity contribution < 1.29 is 9.59 Å². The summed E-state index contributed by atoms with van der Waals surface area (Å²) < 4.78 is 2.16. The van der Waals surface area contributed by atoms with Gasteiger partial charge in [-0.05, 0) is 80.9 Å². The van der Waals surface area contributed by atoms with E-state index in [1.807, 2.05) is 18.7 Å². The topological polar surface area (TPSA) is 92.2 Å². The van der Waals surface area contributed by atoms with Crippen molar-refractivity contribution in [1.82, 2.24) is 30.3 Å². The van der Waals surface area contributed by atoms with Gasteiger partial charge in [-0.25, -0.2) is 0 Å². The number of rotatable bonds is 6. The van der Waals surface area contributed by atoms with Crippen molar-refractivity contribution >= 4 is 11.8 Å². The standard InChI is InChI=1S/C29H38N6O2/c1-19-6-13-27(28(36)32-19)35-16-22-15-20(7-12-25(22)29(35)37)14-21-4-2-3-5-26(21)33-23-8-10-24(11-9-23)34-17-30-31-18-34/h7,12,15,17-18,21,23-24,26-27,33H,1-6,8-11,13-14,16H2,(H,32,36)/t21-,23?,24?,26+,27?/m1/s1. The van der Waals surface area contributed by atoms with Crippen molar-refractivity contribution in [3.05, 3.63) is 59.8 Å². The summed E-state index contributed by atoms with van der Waals surface area (Å²) in [6.07, 6.45) is 15.9. The van der Waals surface area contributed by atoms with Crippen LogP contribution < -0.4 is 10.6 Å². The summed E-state index contributed by atoms with van der Waals surface area (Å²) in [5.41, 5.74) is 3.87. The lowest BCUT2D eigenvalue weighted by atomic mass is 9.79. The Morgan fingerprint density at radius 2 is 1.78 bits per heavy atom. The van der Waals surface area contributed by atoms with E-state index >= 15 is 0 Å². The number of nitrogens with zero attached hydrogens (tertiary/aromatic N) is 4. The molecule has 1 unspecified atom stereocenters. The normalized spacial score (nSPS) is 30.3. The van der Waals surface area contributed by atoms with Gasteiger partial charge in [-0.15, -0.1) is 10.2 Å². The van der Waals surface area contributed by atoms with Crippen molar-refractivity contribution in [3.8, 4) is 0 Å². The van der Waals surface area contributed by atoms with E-state index in [0.29, 0.717) is 37.0 Å². The zero-order valence-electron chi connectivity index (χ0n) is 21.6. The highest BCUT2D eigenvalue weighted by molar-refractivity contribution is 6.01. The Morgan fingerprint density at radius 1 is 1.00 bits per heavy atom. The summed E-state index contributed by atoms with van der Waals surface area (Å²) in [5.74, 6) is 0.490. The minimum atomic E-state index is -0.402. The van der Waals surface area contributed by atoms with Crippen LogP contribution in [-0.2, 0) is 17.8 Å². The Labute approximate surface area is 218 Å². The molecule has 2 aliphatic heterocycles. The van der Waals surface area contributed by atoms with Crippen molar-refractivity contribution in [2.45, 2.75) is 101 Å². The van der Waals surface area contributed by atoms with E-state index in [1.165, 1.54) is 56.9 Å². The smallest absolute Gasteiger partial charge is 0.255 e. The number of hydrogen-bond acceptors (Lipinski definition) is 5. The average molecular weight is 503 g/mol. The van der Waals surface area contributed by atoms with Gasteiger partial charge >= 0.3 is 0 Å². The van der Waals surface area contributed by atoms with E-state index < -0.39 is 6.04 Å². The molecule has 196 valence electrons. The first-order valence-corrected chi connectivity index (χ1v) is 14.1. The van der Waals surface area contributed by atoms with Crippen LogP contribution in [0.1, 0.15) is 91.7 Å². The number of hydrogen-bond donors (Lipinski definition) is 2. The molecule has 8 nitrogen and oxygen atoms in total. The third-order valence-electron chi connectivity index (χ3n) is 9.11. The van der Waals surface area contributed by atoms with Gasteiger partial charge in [-0.3, -0.25) is 9.59 Å². The van der Waals surface area contributed by atoms with Gasteiger partial charge in [0.05, 0.1) is 0 Å². The Bertz CT molecular complexity index is 1150. The first-order valence-electron chi connectivity index (χ1n) is 14.1. The molecular weight excluding hydrogens is 464 g/mol. The molecule has 1 aromatic carbocycles. The number of allylic oxidation sites excluding steroid dienone is 1. The van der Waals surface area contributed by atoms with Gasteiger partial charge in [-0.1, -0.05) is 31.6 Å². The molecule has 8 heteroatoms. The second-order valence-electron chi connectivity index (χ2n) is 11.5. The summed E-state index contributed by atoms with van der Waals surface area (Å²) in [6.45, 7) is 4.38. The molecule has 6 rings (SSSR count). The van der Waals surface area contributed by atoms with Crippen molar-refractivity contribution in [2.24, 2.45) is 5.92 Å². The number of aromatic nitrogens is 3. The lowest BCUT2D eigenvalue weighted by molar-refractivity contribution is -0.126. The molecule has 0 spiro atoms. The molecule has 4 aliphatic rings. The van der Waals surface area contributed by atoms with Crippen LogP contribution in [0.4, 0.5) is 0 Å². The van der Waals surface area contributed by atoms with E-state index in [0.717, 1.165) is 29.7 Å². The summed E-state index contributed by atoms with van der Waals surface area (Å²) in [6, 6.07) is 7.62. The van der Waals surface area contributed by atoms with Crippen LogP contribution >= 0.6 is 0 Å². The average Bonchev–Trinajstić information content (AvgIpc) is 3.54. The molecule has 2 saturated carbocycles. The quantitative estimate of drug-likeness (QED) is 0.625. The second kappa shape index (κ2) is 10.4. The Morgan fingerprint density at radius 3 is 2.57 bits per heavy atom. The van der Waals surface area contributed by atoms with Crippen molar-refractivity contribution in [2.75, 3.05) is 0 Å². The molecule has 37 heavy (non-hydrogen) atoms. The fraction of sp³-hybridized carbons (Fsp3) is 0.586. The number of amides is 2. The van der Waals surface area contributed by atoms with Crippen LogP contribution in [0.2, 0.25) is 0 Å². The maximum absolute atomic E-state index is 13.1. The molecule has 2 aromatic rings. The fourth-order valence-electron chi connectivity index (χ4n) is 7.05. The van der Waals surface area contributed by atoms with Gasteiger partial charge in [0.2, 0.25) is 5.91 Å². The minimum Gasteiger partial charge on any atom is -0.329 e. The van der Waals surface area contributed by atoms with E-state index in [-0.39, 0.29) is 11.8 Å². The van der Waals surface area contributed by atoms with Crippen LogP contribution in [0.15, 0.2) is 43.1 Å². The van der Waals surface area contributed by atoms with Gasteiger partial charge in [0.15, 0.2) is 0 Å². The molecule has 3 atom stereocenters.